The fourth-order valence-electron chi connectivity index (χ4n) is 1.83. The standard InChI is InChI=1S/C14H17NO2/c1-4-9(2)14-13(16)7-10-5-6-11(17-3)8-12(10)15-14/h5-9,16H,4H2,1-3H3. The summed E-state index contributed by atoms with van der Waals surface area (Å²) in [5, 5.41) is 10.9. The van der Waals surface area contributed by atoms with Gasteiger partial charge < -0.3 is 9.84 Å². The van der Waals surface area contributed by atoms with E-state index < -0.39 is 0 Å². The first-order valence-electron chi connectivity index (χ1n) is 5.83. The van der Waals surface area contributed by atoms with Gasteiger partial charge in [-0.15, -0.1) is 0 Å². The van der Waals surface area contributed by atoms with Crippen LogP contribution in [0.25, 0.3) is 10.9 Å². The van der Waals surface area contributed by atoms with E-state index in [2.05, 4.69) is 18.8 Å². The van der Waals surface area contributed by atoms with E-state index in [1.54, 1.807) is 13.2 Å². The Morgan fingerprint density at radius 2 is 2.12 bits per heavy atom. The highest BCUT2D eigenvalue weighted by molar-refractivity contribution is 5.81. The summed E-state index contributed by atoms with van der Waals surface area (Å²) in [6.07, 6.45) is 0.954. The molecule has 3 heteroatoms. The van der Waals surface area contributed by atoms with Gasteiger partial charge in [0.15, 0.2) is 0 Å². The highest BCUT2D eigenvalue weighted by Crippen LogP contribution is 2.30. The maximum atomic E-state index is 9.94. The van der Waals surface area contributed by atoms with E-state index in [-0.39, 0.29) is 11.7 Å². The summed E-state index contributed by atoms with van der Waals surface area (Å²) < 4.78 is 5.18. The predicted molar refractivity (Wildman–Crippen MR) is 68.7 cm³/mol. The molecule has 0 fully saturated rings. The molecule has 0 bridgehead atoms. The molecular weight excluding hydrogens is 214 g/mol. The van der Waals surface area contributed by atoms with Crippen molar-refractivity contribution in [3.05, 3.63) is 30.0 Å². The van der Waals surface area contributed by atoms with Crippen molar-refractivity contribution in [3.8, 4) is 11.5 Å². The van der Waals surface area contributed by atoms with Crippen molar-refractivity contribution in [1.82, 2.24) is 4.98 Å². The Morgan fingerprint density at radius 1 is 1.35 bits per heavy atom. The number of aromatic nitrogens is 1. The monoisotopic (exact) mass is 231 g/mol. The second-order valence-electron chi connectivity index (χ2n) is 4.26. The fourth-order valence-corrected chi connectivity index (χ4v) is 1.83. The highest BCUT2D eigenvalue weighted by Gasteiger charge is 2.12. The number of ether oxygens (including phenoxy) is 1. The predicted octanol–water partition coefficient (Wildman–Crippen LogP) is 3.46. The van der Waals surface area contributed by atoms with Crippen LogP contribution in [0.15, 0.2) is 24.3 Å². The quantitative estimate of drug-likeness (QED) is 0.879. The van der Waals surface area contributed by atoms with Gasteiger partial charge >= 0.3 is 0 Å². The smallest absolute Gasteiger partial charge is 0.137 e. The van der Waals surface area contributed by atoms with Gasteiger partial charge in [0.1, 0.15) is 11.5 Å². The number of fused-ring (bicyclic) bond motifs is 1. The molecule has 0 aliphatic carbocycles. The lowest BCUT2D eigenvalue weighted by Gasteiger charge is -2.11. The van der Waals surface area contributed by atoms with Gasteiger partial charge in [-0.2, -0.15) is 0 Å². The third kappa shape index (κ3) is 2.18. The van der Waals surface area contributed by atoms with E-state index in [4.69, 9.17) is 4.74 Å². The van der Waals surface area contributed by atoms with Gasteiger partial charge in [0.2, 0.25) is 0 Å². The minimum Gasteiger partial charge on any atom is -0.506 e. The lowest BCUT2D eigenvalue weighted by Crippen LogP contribution is -1.97. The number of hydrogen-bond donors (Lipinski definition) is 1. The largest absolute Gasteiger partial charge is 0.506 e. The summed E-state index contributed by atoms with van der Waals surface area (Å²) in [6.45, 7) is 4.15. The number of benzene rings is 1. The van der Waals surface area contributed by atoms with Crippen LogP contribution in [0.3, 0.4) is 0 Å². The first-order valence-corrected chi connectivity index (χ1v) is 5.83. The lowest BCUT2D eigenvalue weighted by molar-refractivity contribution is 0.415. The number of hydrogen-bond acceptors (Lipinski definition) is 3. The molecule has 3 nitrogen and oxygen atoms in total. The highest BCUT2D eigenvalue weighted by atomic mass is 16.5. The summed E-state index contributed by atoms with van der Waals surface area (Å²) in [6, 6.07) is 7.43. The zero-order valence-corrected chi connectivity index (χ0v) is 10.4. The average molecular weight is 231 g/mol. The Bertz CT molecular complexity index is 537. The zero-order chi connectivity index (χ0) is 12.4. The number of methoxy groups -OCH3 is 1. The Balaban J connectivity index is 2.60. The summed E-state index contributed by atoms with van der Waals surface area (Å²) in [5.74, 6) is 1.31. The first-order chi connectivity index (χ1) is 8.15. The second kappa shape index (κ2) is 4.62. The van der Waals surface area contributed by atoms with Gasteiger partial charge in [-0.05, 0) is 24.6 Å². The van der Waals surface area contributed by atoms with Gasteiger partial charge in [-0.25, -0.2) is 4.98 Å². The molecule has 0 amide bonds. The minimum absolute atomic E-state index is 0.255. The number of nitrogens with zero attached hydrogens (tertiary/aromatic N) is 1. The molecule has 90 valence electrons. The third-order valence-electron chi connectivity index (χ3n) is 3.11. The van der Waals surface area contributed by atoms with Gasteiger partial charge in [0, 0.05) is 17.4 Å². The summed E-state index contributed by atoms with van der Waals surface area (Å²) in [4.78, 5) is 4.52. The van der Waals surface area contributed by atoms with Crippen molar-refractivity contribution >= 4 is 10.9 Å². The molecule has 0 saturated heterocycles. The van der Waals surface area contributed by atoms with Crippen LogP contribution < -0.4 is 4.74 Å². The fraction of sp³-hybridized carbons (Fsp3) is 0.357. The topological polar surface area (TPSA) is 42.4 Å². The molecule has 2 aromatic rings. The van der Waals surface area contributed by atoms with Crippen LogP contribution in [0.5, 0.6) is 11.5 Å². The lowest BCUT2D eigenvalue weighted by atomic mass is 10.0. The average Bonchev–Trinajstić information content (AvgIpc) is 2.36. The van der Waals surface area contributed by atoms with E-state index >= 15 is 0 Å². The Hall–Kier alpha value is -1.77. The van der Waals surface area contributed by atoms with Crippen molar-refractivity contribution in [2.45, 2.75) is 26.2 Å². The molecule has 0 aliphatic heterocycles. The van der Waals surface area contributed by atoms with Crippen LogP contribution in [0.2, 0.25) is 0 Å². The van der Waals surface area contributed by atoms with E-state index in [0.717, 1.165) is 28.8 Å². The molecule has 2 rings (SSSR count). The number of rotatable bonds is 3. The van der Waals surface area contributed by atoms with Crippen LogP contribution >= 0.6 is 0 Å². The van der Waals surface area contributed by atoms with Crippen LogP contribution in [-0.2, 0) is 0 Å². The van der Waals surface area contributed by atoms with Gasteiger partial charge in [0.25, 0.3) is 0 Å². The number of pyridine rings is 1. The van der Waals surface area contributed by atoms with Crippen LogP contribution in [-0.4, -0.2) is 17.2 Å². The summed E-state index contributed by atoms with van der Waals surface area (Å²) in [7, 11) is 1.64. The molecule has 1 atom stereocenters. The molecule has 1 N–H and O–H groups in total. The van der Waals surface area contributed by atoms with Crippen molar-refractivity contribution in [2.24, 2.45) is 0 Å². The second-order valence-corrected chi connectivity index (χ2v) is 4.26. The molecule has 1 heterocycles. The molecule has 0 spiro atoms. The third-order valence-corrected chi connectivity index (χ3v) is 3.11. The van der Waals surface area contributed by atoms with Crippen molar-refractivity contribution in [1.29, 1.82) is 0 Å². The van der Waals surface area contributed by atoms with Crippen molar-refractivity contribution in [3.63, 3.8) is 0 Å². The van der Waals surface area contributed by atoms with Crippen LogP contribution in [0, 0.1) is 0 Å². The number of aromatic hydroxyl groups is 1. The van der Waals surface area contributed by atoms with E-state index in [9.17, 15) is 5.11 Å². The van der Waals surface area contributed by atoms with Crippen LogP contribution in [0.1, 0.15) is 31.9 Å². The molecule has 0 aliphatic rings. The normalized spacial score (nSPS) is 12.6. The molecule has 1 aromatic heterocycles. The SMILES string of the molecule is CCC(C)c1nc2cc(OC)ccc2cc1O. The van der Waals surface area contributed by atoms with Crippen molar-refractivity contribution < 1.29 is 9.84 Å². The molecule has 17 heavy (non-hydrogen) atoms. The zero-order valence-electron chi connectivity index (χ0n) is 10.4. The van der Waals surface area contributed by atoms with E-state index in [1.165, 1.54) is 0 Å². The summed E-state index contributed by atoms with van der Waals surface area (Å²) in [5.41, 5.74) is 1.62. The summed E-state index contributed by atoms with van der Waals surface area (Å²) >= 11 is 0. The van der Waals surface area contributed by atoms with Gasteiger partial charge in [0.05, 0.1) is 18.3 Å². The molecule has 1 aromatic carbocycles. The van der Waals surface area contributed by atoms with Gasteiger partial charge in [-0.3, -0.25) is 0 Å². The Morgan fingerprint density at radius 3 is 2.76 bits per heavy atom. The van der Waals surface area contributed by atoms with E-state index in [1.807, 2.05) is 18.2 Å². The van der Waals surface area contributed by atoms with Crippen LogP contribution in [0.4, 0.5) is 0 Å². The van der Waals surface area contributed by atoms with Crippen molar-refractivity contribution in [2.75, 3.05) is 7.11 Å². The van der Waals surface area contributed by atoms with Gasteiger partial charge in [-0.1, -0.05) is 13.8 Å². The van der Waals surface area contributed by atoms with E-state index in [0.29, 0.717) is 0 Å². The Kier molecular flexibility index (Phi) is 3.18. The maximum Gasteiger partial charge on any atom is 0.137 e. The molecular formula is C14H17NO2. The molecule has 0 saturated carbocycles. The minimum atomic E-state index is 0.255. The maximum absolute atomic E-state index is 9.94. The Labute approximate surface area is 101 Å². The first kappa shape index (κ1) is 11.7. The molecule has 1 unspecified atom stereocenters. The molecule has 0 radical (unpaired) electrons.